The second-order valence-corrected chi connectivity index (χ2v) is 4.31. The van der Waals surface area contributed by atoms with Crippen molar-refractivity contribution in [1.29, 1.82) is 0 Å². The molecule has 0 aliphatic carbocycles. The molecule has 0 aromatic heterocycles. The number of piperidine rings is 1. The molecule has 1 unspecified atom stereocenters. The fraction of sp³-hybridized carbons (Fsp3) is 0.636. The van der Waals surface area contributed by atoms with Gasteiger partial charge in [-0.15, -0.1) is 0 Å². The highest BCUT2D eigenvalue weighted by Gasteiger charge is 2.40. The van der Waals surface area contributed by atoms with Crippen LogP contribution in [-0.2, 0) is 0 Å². The van der Waals surface area contributed by atoms with Gasteiger partial charge >= 0.3 is 0 Å². The Kier molecular flexibility index (Phi) is 2.05. The molecule has 0 saturated carbocycles. The molecule has 1 saturated heterocycles. The van der Waals surface area contributed by atoms with Gasteiger partial charge in [-0.05, 0) is 25.3 Å². The zero-order chi connectivity index (χ0) is 9.47. The number of fused-ring (bicyclic) bond motifs is 1. The van der Waals surface area contributed by atoms with Gasteiger partial charge in [0.1, 0.15) is 13.1 Å². The zero-order valence-electron chi connectivity index (χ0n) is 8.34. The molecule has 2 heterocycles. The first-order valence-corrected chi connectivity index (χ1v) is 5.12. The third kappa shape index (κ3) is 1.34. The van der Waals surface area contributed by atoms with Crippen molar-refractivity contribution >= 4 is 0 Å². The molecule has 0 radical (unpaired) electrons. The van der Waals surface area contributed by atoms with Crippen LogP contribution >= 0.6 is 0 Å². The Morgan fingerprint density at radius 2 is 1.85 bits per heavy atom. The van der Waals surface area contributed by atoms with Crippen molar-refractivity contribution in [2.45, 2.75) is 32.6 Å². The average Bonchev–Trinajstić information content (AvgIpc) is 2.02. The summed E-state index contributed by atoms with van der Waals surface area (Å²) in [5.41, 5.74) is 3.64. The second kappa shape index (κ2) is 2.96. The van der Waals surface area contributed by atoms with Crippen molar-refractivity contribution in [3.8, 4) is 0 Å². The lowest BCUT2D eigenvalue weighted by Crippen LogP contribution is -2.50. The van der Waals surface area contributed by atoms with Gasteiger partial charge < -0.3 is 0 Å². The van der Waals surface area contributed by atoms with Gasteiger partial charge in [0.05, 0.1) is 0 Å². The Labute approximate surface area is 79.7 Å². The van der Waals surface area contributed by atoms with E-state index in [4.69, 9.17) is 0 Å². The van der Waals surface area contributed by atoms with Crippen molar-refractivity contribution < 1.29 is 9.85 Å². The second-order valence-electron chi connectivity index (χ2n) is 4.31. The van der Waals surface area contributed by atoms with Crippen LogP contribution in [0.1, 0.15) is 32.6 Å². The monoisotopic (exact) mass is 180 g/mol. The van der Waals surface area contributed by atoms with E-state index in [-0.39, 0.29) is 4.65 Å². The van der Waals surface area contributed by atoms with E-state index in [1.54, 1.807) is 0 Å². The minimum absolute atomic E-state index is 0.171. The van der Waals surface area contributed by atoms with Gasteiger partial charge in [0.25, 0.3) is 0 Å². The summed E-state index contributed by atoms with van der Waals surface area (Å²) in [5.74, 6) is 0. The molecule has 2 aliphatic heterocycles. The molecule has 13 heavy (non-hydrogen) atoms. The first kappa shape index (κ1) is 8.97. The number of nitrogens with zero attached hydrogens (tertiary/aromatic N) is 1. The van der Waals surface area contributed by atoms with Crippen LogP contribution in [0.4, 0.5) is 0 Å². The van der Waals surface area contributed by atoms with E-state index in [9.17, 15) is 5.21 Å². The highest BCUT2D eigenvalue weighted by Crippen LogP contribution is 2.37. The third-order valence-corrected chi connectivity index (χ3v) is 3.24. The topological polar surface area (TPSA) is 20.2 Å². The zero-order valence-corrected chi connectivity index (χ0v) is 8.34. The number of hydrogen-bond donors (Lipinski definition) is 1. The SMILES string of the molecule is C=C1CCC[N+]2(O)CCCC(C)=C12. The maximum absolute atomic E-state index is 10.4. The minimum atomic E-state index is 0.171. The predicted molar refractivity (Wildman–Crippen MR) is 52.1 cm³/mol. The molecule has 0 amide bonds. The maximum Gasteiger partial charge on any atom is 0.166 e. The quantitative estimate of drug-likeness (QED) is 0.568. The van der Waals surface area contributed by atoms with E-state index in [1.165, 1.54) is 5.57 Å². The van der Waals surface area contributed by atoms with Crippen LogP contribution in [0.2, 0.25) is 0 Å². The molecular weight excluding hydrogens is 162 g/mol. The van der Waals surface area contributed by atoms with E-state index < -0.39 is 0 Å². The maximum atomic E-state index is 10.4. The van der Waals surface area contributed by atoms with E-state index in [1.807, 2.05) is 0 Å². The molecule has 0 aromatic carbocycles. The van der Waals surface area contributed by atoms with Gasteiger partial charge in [-0.25, -0.2) is 5.21 Å². The molecule has 1 N–H and O–H groups in total. The van der Waals surface area contributed by atoms with Gasteiger partial charge in [-0.2, -0.15) is 4.65 Å². The first-order chi connectivity index (χ1) is 6.13. The Balaban J connectivity index is 2.43. The number of hydroxylamine groups is 3. The first-order valence-electron chi connectivity index (χ1n) is 5.12. The van der Waals surface area contributed by atoms with E-state index >= 15 is 0 Å². The van der Waals surface area contributed by atoms with E-state index in [0.29, 0.717) is 0 Å². The molecule has 0 spiro atoms. The molecule has 2 aliphatic rings. The fourth-order valence-corrected chi connectivity index (χ4v) is 2.68. The molecule has 72 valence electrons. The lowest BCUT2D eigenvalue weighted by Gasteiger charge is -2.39. The molecular formula is C11H18NO+. The lowest BCUT2D eigenvalue weighted by atomic mass is 9.92. The summed E-state index contributed by atoms with van der Waals surface area (Å²) in [6.45, 7) is 7.96. The van der Waals surface area contributed by atoms with Crippen molar-refractivity contribution in [2.75, 3.05) is 13.1 Å². The van der Waals surface area contributed by atoms with E-state index in [0.717, 1.165) is 50.0 Å². The molecule has 2 rings (SSSR count). The summed E-state index contributed by atoms with van der Waals surface area (Å²) >= 11 is 0. The fourth-order valence-electron chi connectivity index (χ4n) is 2.68. The molecule has 0 aromatic rings. The summed E-state index contributed by atoms with van der Waals surface area (Å²) in [7, 11) is 0. The molecule has 0 bridgehead atoms. The van der Waals surface area contributed by atoms with Crippen molar-refractivity contribution in [1.82, 2.24) is 0 Å². The van der Waals surface area contributed by atoms with Gasteiger partial charge in [-0.3, -0.25) is 0 Å². The summed E-state index contributed by atoms with van der Waals surface area (Å²) in [6.07, 6.45) is 4.38. The van der Waals surface area contributed by atoms with Gasteiger partial charge in [0.2, 0.25) is 0 Å². The summed E-state index contributed by atoms with van der Waals surface area (Å²) < 4.78 is 0.171. The van der Waals surface area contributed by atoms with Crippen LogP contribution in [0.25, 0.3) is 0 Å². The van der Waals surface area contributed by atoms with Crippen molar-refractivity contribution in [3.63, 3.8) is 0 Å². The average molecular weight is 180 g/mol. The smallest absolute Gasteiger partial charge is 0.166 e. The van der Waals surface area contributed by atoms with Crippen LogP contribution in [0, 0.1) is 0 Å². The highest BCUT2D eigenvalue weighted by atomic mass is 16.5. The summed E-state index contributed by atoms with van der Waals surface area (Å²) in [4.78, 5) is 0. The van der Waals surface area contributed by atoms with Crippen LogP contribution in [0.15, 0.2) is 23.4 Å². The Morgan fingerprint density at radius 3 is 2.46 bits per heavy atom. The molecule has 1 atom stereocenters. The highest BCUT2D eigenvalue weighted by molar-refractivity contribution is 5.29. The standard InChI is InChI=1S/C11H18NO/c1-9-5-3-7-12(13)8-4-6-10(2)11(9)12/h13H,1,3-8H2,2H3/q+1. The third-order valence-electron chi connectivity index (χ3n) is 3.24. The lowest BCUT2D eigenvalue weighted by molar-refractivity contribution is -1.07. The van der Waals surface area contributed by atoms with E-state index in [2.05, 4.69) is 13.5 Å². The van der Waals surface area contributed by atoms with Crippen LogP contribution < -0.4 is 0 Å². The largest absolute Gasteiger partial charge is 0.212 e. The van der Waals surface area contributed by atoms with Crippen molar-refractivity contribution in [3.05, 3.63) is 23.4 Å². The molecule has 1 fully saturated rings. The number of allylic oxidation sites excluding steroid dienone is 2. The molecule has 2 heteroatoms. The number of rotatable bonds is 0. The van der Waals surface area contributed by atoms with Gasteiger partial charge in [0, 0.05) is 18.4 Å². The Morgan fingerprint density at radius 1 is 1.23 bits per heavy atom. The Bertz CT molecular complexity index is 280. The van der Waals surface area contributed by atoms with Gasteiger partial charge in [0.15, 0.2) is 5.70 Å². The molecule has 2 nitrogen and oxygen atoms in total. The van der Waals surface area contributed by atoms with Crippen LogP contribution in [-0.4, -0.2) is 22.9 Å². The van der Waals surface area contributed by atoms with Crippen LogP contribution in [0.5, 0.6) is 0 Å². The minimum Gasteiger partial charge on any atom is -0.212 e. The van der Waals surface area contributed by atoms with Gasteiger partial charge in [-0.1, -0.05) is 6.58 Å². The summed E-state index contributed by atoms with van der Waals surface area (Å²) in [6, 6.07) is 0. The normalized spacial score (nSPS) is 34.8. The summed E-state index contributed by atoms with van der Waals surface area (Å²) in [5, 5.41) is 10.4. The number of quaternary nitrogens is 1. The Hall–Kier alpha value is -0.600. The number of hydrogen-bond acceptors (Lipinski definition) is 1. The van der Waals surface area contributed by atoms with Crippen LogP contribution in [0.3, 0.4) is 0 Å². The predicted octanol–water partition coefficient (Wildman–Crippen LogP) is 2.61. The van der Waals surface area contributed by atoms with Crippen molar-refractivity contribution in [2.24, 2.45) is 0 Å².